The van der Waals surface area contributed by atoms with Crippen LogP contribution in [0.2, 0.25) is 5.02 Å². The van der Waals surface area contributed by atoms with E-state index in [4.69, 9.17) is 21.4 Å². The van der Waals surface area contributed by atoms with E-state index in [1.165, 1.54) is 16.0 Å². The number of carboxylic acid groups (broad SMARTS) is 1. The van der Waals surface area contributed by atoms with E-state index in [9.17, 15) is 4.79 Å². The molecule has 2 heterocycles. The van der Waals surface area contributed by atoms with Crippen LogP contribution in [0.3, 0.4) is 0 Å². The Balaban J connectivity index is 1.88. The lowest BCUT2D eigenvalue weighted by Crippen LogP contribution is -2.56. The number of nitrogens with zero attached hydrogens (tertiary/aromatic N) is 2. The molecule has 0 spiro atoms. The number of piperazine rings is 1. The summed E-state index contributed by atoms with van der Waals surface area (Å²) in [6, 6.07) is 2.09. The summed E-state index contributed by atoms with van der Waals surface area (Å²) in [4.78, 5) is 14.9. The zero-order valence-corrected chi connectivity index (χ0v) is 14.7. The number of carbonyl (C=O) groups is 1. The second kappa shape index (κ2) is 6.35. The van der Waals surface area contributed by atoms with E-state index < -0.39 is 6.09 Å². The van der Waals surface area contributed by atoms with Gasteiger partial charge in [-0.2, -0.15) is 0 Å². The van der Waals surface area contributed by atoms with Crippen LogP contribution in [0.25, 0.3) is 0 Å². The molecule has 7 heteroatoms. The Morgan fingerprint density at radius 2 is 2.27 bits per heavy atom. The Bertz CT molecular complexity index is 611. The minimum atomic E-state index is -0.857. The van der Waals surface area contributed by atoms with E-state index in [1.807, 2.05) is 13.0 Å². The van der Waals surface area contributed by atoms with Crippen LogP contribution in [0.15, 0.2) is 10.5 Å². The summed E-state index contributed by atoms with van der Waals surface area (Å²) in [5.74, 6) is 0. The lowest BCUT2D eigenvalue weighted by Gasteiger charge is -2.41. The molecule has 0 aromatic heterocycles. The van der Waals surface area contributed by atoms with E-state index in [0.29, 0.717) is 37.9 Å². The van der Waals surface area contributed by atoms with Gasteiger partial charge < -0.3 is 14.7 Å². The summed E-state index contributed by atoms with van der Waals surface area (Å²) in [6.45, 7) is 5.65. The molecule has 0 unspecified atom stereocenters. The van der Waals surface area contributed by atoms with Gasteiger partial charge in [0.15, 0.2) is 0 Å². The number of ether oxygens (including phenoxy) is 1. The monoisotopic (exact) mass is 388 g/mol. The van der Waals surface area contributed by atoms with E-state index in [2.05, 4.69) is 20.8 Å². The molecule has 1 aromatic carbocycles. The van der Waals surface area contributed by atoms with Gasteiger partial charge in [-0.3, -0.25) is 4.90 Å². The molecule has 0 aliphatic carbocycles. The maximum atomic E-state index is 11.2. The van der Waals surface area contributed by atoms with Gasteiger partial charge in [0.05, 0.1) is 24.3 Å². The quantitative estimate of drug-likeness (QED) is 0.741. The van der Waals surface area contributed by atoms with Crippen LogP contribution in [-0.2, 0) is 17.9 Å². The number of hydrogen-bond donors (Lipinski definition) is 1. The summed E-state index contributed by atoms with van der Waals surface area (Å²) in [6.07, 6.45) is -0.857. The molecule has 1 amide bonds. The molecule has 1 N–H and O–H groups in total. The molecule has 1 aromatic rings. The molecule has 1 atom stereocenters. The molecule has 0 radical (unpaired) electrons. The molecular formula is C15H18BrClN2O3. The maximum absolute atomic E-state index is 11.2. The molecule has 2 aliphatic heterocycles. The first-order chi connectivity index (χ1) is 10.5. The zero-order valence-electron chi connectivity index (χ0n) is 12.3. The van der Waals surface area contributed by atoms with Crippen molar-refractivity contribution in [3.05, 3.63) is 32.3 Å². The van der Waals surface area contributed by atoms with Gasteiger partial charge in [-0.15, -0.1) is 0 Å². The van der Waals surface area contributed by atoms with Gasteiger partial charge in [0, 0.05) is 30.7 Å². The second-order valence-corrected chi connectivity index (χ2v) is 7.00. The molecule has 5 nitrogen and oxygen atoms in total. The first-order valence-electron chi connectivity index (χ1n) is 7.23. The molecule has 0 bridgehead atoms. The van der Waals surface area contributed by atoms with Crippen LogP contribution in [-0.4, -0.2) is 53.3 Å². The molecule has 0 saturated carbocycles. The van der Waals surface area contributed by atoms with Crippen molar-refractivity contribution < 1.29 is 14.6 Å². The van der Waals surface area contributed by atoms with Crippen molar-refractivity contribution in [2.45, 2.75) is 26.1 Å². The van der Waals surface area contributed by atoms with Crippen molar-refractivity contribution in [2.75, 3.05) is 26.2 Å². The highest BCUT2D eigenvalue weighted by Gasteiger charge is 2.31. The van der Waals surface area contributed by atoms with E-state index in [-0.39, 0.29) is 6.04 Å². The van der Waals surface area contributed by atoms with Crippen LogP contribution >= 0.6 is 27.5 Å². The van der Waals surface area contributed by atoms with Crippen LogP contribution in [0.1, 0.15) is 16.7 Å². The van der Waals surface area contributed by atoms with Crippen molar-refractivity contribution >= 4 is 33.6 Å². The third-order valence-electron chi connectivity index (χ3n) is 4.49. The number of halogens is 2. The Labute approximate surface area is 142 Å². The fourth-order valence-electron chi connectivity index (χ4n) is 3.15. The zero-order chi connectivity index (χ0) is 15.9. The number of hydrogen-bond acceptors (Lipinski definition) is 3. The van der Waals surface area contributed by atoms with E-state index in [0.717, 1.165) is 16.6 Å². The van der Waals surface area contributed by atoms with Gasteiger partial charge in [0.1, 0.15) is 0 Å². The fourth-order valence-corrected chi connectivity index (χ4v) is 3.77. The molecule has 120 valence electrons. The van der Waals surface area contributed by atoms with Crippen LogP contribution in [0, 0.1) is 6.92 Å². The summed E-state index contributed by atoms with van der Waals surface area (Å²) in [7, 11) is 0. The van der Waals surface area contributed by atoms with Crippen LogP contribution < -0.4 is 0 Å². The Morgan fingerprint density at radius 1 is 1.50 bits per heavy atom. The van der Waals surface area contributed by atoms with Gasteiger partial charge in [0.25, 0.3) is 0 Å². The molecule has 22 heavy (non-hydrogen) atoms. The average Bonchev–Trinajstić information content (AvgIpc) is 2.46. The number of amides is 1. The minimum absolute atomic E-state index is 0.0979. The van der Waals surface area contributed by atoms with E-state index >= 15 is 0 Å². The van der Waals surface area contributed by atoms with Gasteiger partial charge >= 0.3 is 6.09 Å². The van der Waals surface area contributed by atoms with Crippen molar-refractivity contribution in [3.63, 3.8) is 0 Å². The largest absolute Gasteiger partial charge is 0.465 e. The van der Waals surface area contributed by atoms with Gasteiger partial charge in [0.2, 0.25) is 0 Å². The van der Waals surface area contributed by atoms with Gasteiger partial charge in [-0.05, 0) is 45.6 Å². The second-order valence-electron chi connectivity index (χ2n) is 5.80. The average molecular weight is 390 g/mol. The third kappa shape index (κ3) is 2.97. The van der Waals surface area contributed by atoms with Gasteiger partial charge in [-0.1, -0.05) is 11.6 Å². The topological polar surface area (TPSA) is 53.0 Å². The highest BCUT2D eigenvalue weighted by Crippen LogP contribution is 2.33. The molecule has 1 fully saturated rings. The fraction of sp³-hybridized carbons (Fsp3) is 0.533. The van der Waals surface area contributed by atoms with Crippen molar-refractivity contribution in [1.29, 1.82) is 0 Å². The van der Waals surface area contributed by atoms with Gasteiger partial charge in [-0.25, -0.2) is 4.79 Å². The molecular weight excluding hydrogens is 372 g/mol. The summed E-state index contributed by atoms with van der Waals surface area (Å²) < 4.78 is 6.77. The molecule has 2 aliphatic rings. The number of benzene rings is 1. The summed E-state index contributed by atoms with van der Waals surface area (Å²) >= 11 is 9.82. The SMILES string of the molecule is Cc1c(Br)c(Cl)cc2c1COC[C@H]1CN(C(=O)O)CCN1C2. The Morgan fingerprint density at radius 3 is 3.00 bits per heavy atom. The lowest BCUT2D eigenvalue weighted by atomic mass is 10.00. The normalized spacial score (nSPS) is 22.5. The minimum Gasteiger partial charge on any atom is -0.465 e. The van der Waals surface area contributed by atoms with Crippen molar-refractivity contribution in [1.82, 2.24) is 9.80 Å². The predicted molar refractivity (Wildman–Crippen MR) is 87.3 cm³/mol. The highest BCUT2D eigenvalue weighted by atomic mass is 79.9. The third-order valence-corrected chi connectivity index (χ3v) is 6.03. The van der Waals surface area contributed by atoms with Crippen molar-refractivity contribution in [3.8, 4) is 0 Å². The predicted octanol–water partition coefficient (Wildman–Crippen LogP) is 3.11. The van der Waals surface area contributed by atoms with Crippen LogP contribution in [0.4, 0.5) is 4.79 Å². The summed E-state index contributed by atoms with van der Waals surface area (Å²) in [5.41, 5.74) is 3.46. The van der Waals surface area contributed by atoms with Crippen molar-refractivity contribution in [2.24, 2.45) is 0 Å². The molecule has 1 saturated heterocycles. The van der Waals surface area contributed by atoms with E-state index in [1.54, 1.807) is 0 Å². The number of fused-ring (bicyclic) bond motifs is 2. The highest BCUT2D eigenvalue weighted by molar-refractivity contribution is 9.10. The first kappa shape index (κ1) is 16.1. The number of rotatable bonds is 0. The smallest absolute Gasteiger partial charge is 0.407 e. The van der Waals surface area contributed by atoms with Crippen LogP contribution in [0.5, 0.6) is 0 Å². The maximum Gasteiger partial charge on any atom is 0.407 e. The first-order valence-corrected chi connectivity index (χ1v) is 8.40. The summed E-state index contributed by atoms with van der Waals surface area (Å²) in [5, 5.41) is 9.87. The standard InChI is InChI=1S/C15H18BrClN2O3/c1-9-12-8-22-7-11-6-19(15(20)21)3-2-18(11)5-10(12)4-13(17)14(9)16/h4,11H,2-3,5-8H2,1H3,(H,20,21)/t11-/m1/s1. The Kier molecular flexibility index (Phi) is 4.64. The Hall–Kier alpha value is -0.820. The lowest BCUT2D eigenvalue weighted by molar-refractivity contribution is -0.00319. The molecule has 3 rings (SSSR count).